The van der Waals surface area contributed by atoms with Crippen LogP contribution in [0.15, 0.2) is 78.9 Å². The van der Waals surface area contributed by atoms with E-state index < -0.39 is 23.5 Å². The Bertz CT molecular complexity index is 1330. The monoisotopic (exact) mass is 540 g/mol. The van der Waals surface area contributed by atoms with Gasteiger partial charge in [-0.05, 0) is 47.6 Å². The number of fused-ring (bicyclic) bond motifs is 3. The summed E-state index contributed by atoms with van der Waals surface area (Å²) in [6.45, 7) is 2.52. The van der Waals surface area contributed by atoms with Crippen molar-refractivity contribution in [2.24, 2.45) is 5.41 Å². The van der Waals surface area contributed by atoms with Crippen LogP contribution in [0.5, 0.6) is 0 Å². The number of amides is 2. The fourth-order valence-corrected chi connectivity index (χ4v) is 6.25. The summed E-state index contributed by atoms with van der Waals surface area (Å²) in [6.07, 6.45) is 2.35. The molecule has 0 aromatic heterocycles. The number of nitrogens with one attached hydrogen (secondary N) is 1. The third-order valence-electron chi connectivity index (χ3n) is 8.43. The fourth-order valence-electron chi connectivity index (χ4n) is 6.25. The van der Waals surface area contributed by atoms with Crippen molar-refractivity contribution >= 4 is 18.0 Å². The Kier molecular flexibility index (Phi) is 8.19. The first-order valence-electron chi connectivity index (χ1n) is 14.0. The second-order valence-electron chi connectivity index (χ2n) is 11.0. The first kappa shape index (κ1) is 27.4. The van der Waals surface area contributed by atoms with E-state index in [9.17, 15) is 19.5 Å². The third kappa shape index (κ3) is 5.74. The summed E-state index contributed by atoms with van der Waals surface area (Å²) in [5.74, 6) is -1.14. The first-order chi connectivity index (χ1) is 19.4. The van der Waals surface area contributed by atoms with Crippen LogP contribution in [0, 0.1) is 5.41 Å². The van der Waals surface area contributed by atoms with Crippen LogP contribution in [0.2, 0.25) is 0 Å². The maximum Gasteiger partial charge on any atom is 0.407 e. The molecule has 2 unspecified atom stereocenters. The number of ether oxygens (including phenoxy) is 1. The van der Waals surface area contributed by atoms with Gasteiger partial charge in [0.2, 0.25) is 5.91 Å². The SMILES string of the molecule is CC1(C(=O)N(CCC(=O)O)Cc2ccccc2)CCCCC1NC(=O)OCC1c2ccccc2-c2ccccc21. The number of carbonyl (C=O) groups excluding carboxylic acids is 2. The van der Waals surface area contributed by atoms with E-state index in [-0.39, 0.29) is 31.4 Å². The van der Waals surface area contributed by atoms with Crippen molar-refractivity contribution in [3.8, 4) is 11.1 Å². The highest BCUT2D eigenvalue weighted by molar-refractivity contribution is 5.85. The van der Waals surface area contributed by atoms with Crippen LogP contribution in [-0.2, 0) is 20.9 Å². The van der Waals surface area contributed by atoms with E-state index in [1.165, 1.54) is 0 Å². The molecule has 1 fully saturated rings. The van der Waals surface area contributed by atoms with Crippen molar-refractivity contribution in [2.45, 2.75) is 57.5 Å². The van der Waals surface area contributed by atoms with Crippen LogP contribution in [0.4, 0.5) is 4.79 Å². The molecule has 2 N–H and O–H groups in total. The zero-order valence-corrected chi connectivity index (χ0v) is 22.8. The van der Waals surface area contributed by atoms with Crippen LogP contribution >= 0.6 is 0 Å². The standard InChI is InChI=1S/C33H36N2O5/c1-33(31(38)35(20-18-30(36)37)21-23-11-3-2-4-12-23)19-10-9-17-29(33)34-32(39)40-22-28-26-15-7-5-13-24(26)25-14-6-8-16-27(25)28/h2-8,11-16,28-29H,9-10,17-22H2,1H3,(H,34,39)(H,36,37). The van der Waals surface area contributed by atoms with Crippen LogP contribution < -0.4 is 5.32 Å². The van der Waals surface area contributed by atoms with Gasteiger partial charge in [-0.3, -0.25) is 9.59 Å². The summed E-state index contributed by atoms with van der Waals surface area (Å²) in [7, 11) is 0. The molecular weight excluding hydrogens is 504 g/mol. The van der Waals surface area contributed by atoms with Gasteiger partial charge in [0.05, 0.1) is 11.8 Å². The second-order valence-corrected chi connectivity index (χ2v) is 11.0. The highest BCUT2D eigenvalue weighted by Crippen LogP contribution is 2.44. The van der Waals surface area contributed by atoms with Gasteiger partial charge in [-0.1, -0.05) is 91.7 Å². The second kappa shape index (κ2) is 11.9. The predicted octanol–water partition coefficient (Wildman–Crippen LogP) is 5.98. The zero-order chi connectivity index (χ0) is 28.1. The molecule has 0 bridgehead atoms. The molecule has 3 aromatic carbocycles. The molecule has 2 aliphatic rings. The Morgan fingerprint density at radius 3 is 2.20 bits per heavy atom. The summed E-state index contributed by atoms with van der Waals surface area (Å²) in [5.41, 5.74) is 4.68. The first-order valence-corrected chi connectivity index (χ1v) is 14.0. The molecule has 0 aliphatic heterocycles. The lowest BCUT2D eigenvalue weighted by molar-refractivity contribution is -0.146. The molecule has 2 aliphatic carbocycles. The van der Waals surface area contributed by atoms with Gasteiger partial charge < -0.3 is 20.1 Å². The number of nitrogens with zero attached hydrogens (tertiary/aromatic N) is 1. The molecule has 7 heteroatoms. The van der Waals surface area contributed by atoms with Gasteiger partial charge in [0.15, 0.2) is 0 Å². The summed E-state index contributed by atoms with van der Waals surface area (Å²) in [4.78, 5) is 40.1. The normalized spacial score (nSPS) is 19.8. The molecule has 2 amide bonds. The lowest BCUT2D eigenvalue weighted by Gasteiger charge is -2.43. The zero-order valence-electron chi connectivity index (χ0n) is 22.8. The van der Waals surface area contributed by atoms with E-state index in [1.807, 2.05) is 61.5 Å². The number of hydrogen-bond acceptors (Lipinski definition) is 4. The summed E-state index contributed by atoms with van der Waals surface area (Å²) in [5, 5.41) is 12.3. The Morgan fingerprint density at radius 1 is 0.925 bits per heavy atom. The molecule has 0 heterocycles. The van der Waals surface area contributed by atoms with Crippen LogP contribution in [0.25, 0.3) is 11.1 Å². The van der Waals surface area contributed by atoms with Crippen LogP contribution in [0.3, 0.4) is 0 Å². The molecule has 0 radical (unpaired) electrons. The van der Waals surface area contributed by atoms with Crippen molar-refractivity contribution in [3.63, 3.8) is 0 Å². The largest absolute Gasteiger partial charge is 0.481 e. The minimum Gasteiger partial charge on any atom is -0.481 e. The van der Waals surface area contributed by atoms with E-state index >= 15 is 0 Å². The summed E-state index contributed by atoms with van der Waals surface area (Å²) < 4.78 is 5.80. The van der Waals surface area contributed by atoms with E-state index in [4.69, 9.17) is 4.74 Å². The van der Waals surface area contributed by atoms with E-state index in [2.05, 4.69) is 29.6 Å². The fraction of sp³-hybridized carbons (Fsp3) is 0.364. The molecule has 0 saturated heterocycles. The highest BCUT2D eigenvalue weighted by atomic mass is 16.5. The van der Waals surface area contributed by atoms with E-state index in [0.29, 0.717) is 19.4 Å². The van der Waals surface area contributed by atoms with Gasteiger partial charge in [-0.25, -0.2) is 4.79 Å². The molecule has 208 valence electrons. The van der Waals surface area contributed by atoms with Crippen molar-refractivity contribution < 1.29 is 24.2 Å². The highest BCUT2D eigenvalue weighted by Gasteiger charge is 2.46. The Hall–Kier alpha value is -4.13. The lowest BCUT2D eigenvalue weighted by atomic mass is 9.70. The number of alkyl carbamates (subject to hydrolysis) is 1. The minimum absolute atomic E-state index is 0.0464. The van der Waals surface area contributed by atoms with Gasteiger partial charge >= 0.3 is 12.1 Å². The smallest absolute Gasteiger partial charge is 0.407 e. The van der Waals surface area contributed by atoms with Gasteiger partial charge in [0.25, 0.3) is 0 Å². The Balaban J connectivity index is 1.28. The van der Waals surface area contributed by atoms with Gasteiger partial charge in [0, 0.05) is 25.0 Å². The van der Waals surface area contributed by atoms with Gasteiger partial charge in [0.1, 0.15) is 6.61 Å². The van der Waals surface area contributed by atoms with Crippen LogP contribution in [0.1, 0.15) is 61.6 Å². The maximum absolute atomic E-state index is 14.0. The summed E-state index contributed by atoms with van der Waals surface area (Å²) >= 11 is 0. The minimum atomic E-state index is -0.951. The lowest BCUT2D eigenvalue weighted by Crippen LogP contribution is -2.56. The molecule has 3 aromatic rings. The quantitative estimate of drug-likeness (QED) is 0.348. The molecule has 1 saturated carbocycles. The molecular formula is C33H36N2O5. The molecule has 40 heavy (non-hydrogen) atoms. The van der Waals surface area contributed by atoms with E-state index in [0.717, 1.165) is 40.7 Å². The molecule has 7 nitrogen and oxygen atoms in total. The number of rotatable bonds is 9. The molecule has 5 rings (SSSR count). The van der Waals surface area contributed by atoms with Crippen molar-refractivity contribution in [1.82, 2.24) is 10.2 Å². The van der Waals surface area contributed by atoms with Gasteiger partial charge in [-0.2, -0.15) is 0 Å². The number of carboxylic acids is 1. The number of benzene rings is 3. The average Bonchev–Trinajstić information content (AvgIpc) is 3.29. The number of hydrogen-bond donors (Lipinski definition) is 2. The number of carbonyl (C=O) groups is 3. The molecule has 0 spiro atoms. The van der Waals surface area contributed by atoms with Gasteiger partial charge in [-0.15, -0.1) is 0 Å². The number of carboxylic acid groups (broad SMARTS) is 1. The van der Waals surface area contributed by atoms with E-state index in [1.54, 1.807) is 4.90 Å². The van der Waals surface area contributed by atoms with Crippen LogP contribution in [-0.4, -0.2) is 47.2 Å². The summed E-state index contributed by atoms with van der Waals surface area (Å²) in [6, 6.07) is 25.5. The predicted molar refractivity (Wildman–Crippen MR) is 153 cm³/mol. The topological polar surface area (TPSA) is 95.9 Å². The third-order valence-corrected chi connectivity index (χ3v) is 8.43. The maximum atomic E-state index is 14.0. The Morgan fingerprint density at radius 2 is 1.55 bits per heavy atom. The molecule has 2 atom stereocenters. The number of aliphatic carboxylic acids is 1. The van der Waals surface area contributed by atoms with Crippen molar-refractivity contribution in [2.75, 3.05) is 13.2 Å². The van der Waals surface area contributed by atoms with Crippen molar-refractivity contribution in [3.05, 3.63) is 95.6 Å². The Labute approximate surface area is 235 Å². The van der Waals surface area contributed by atoms with Crippen molar-refractivity contribution in [1.29, 1.82) is 0 Å². The average molecular weight is 541 g/mol.